The molecule has 3 atom stereocenters. The van der Waals surface area contributed by atoms with Crippen molar-refractivity contribution in [3.8, 4) is 0 Å². The van der Waals surface area contributed by atoms with Crippen molar-refractivity contribution in [2.45, 2.75) is 45.7 Å². The maximum Gasteiger partial charge on any atom is 0.312 e. The molecule has 1 rings (SSSR count). The number of primary amides is 1. The number of hydrogen-bond acceptors (Lipinski definition) is 7. The van der Waals surface area contributed by atoms with Crippen LogP contribution in [0.15, 0.2) is 24.3 Å². The first-order valence-corrected chi connectivity index (χ1v) is 10.0. The molecule has 0 heterocycles. The molecule has 0 spiro atoms. The van der Waals surface area contributed by atoms with Gasteiger partial charge in [-0.2, -0.15) is 0 Å². The number of hydrogen-bond donors (Lipinski definition) is 3. The van der Waals surface area contributed by atoms with E-state index >= 15 is 0 Å². The number of amides is 3. The highest BCUT2D eigenvalue weighted by atomic mass is 19.1. The maximum atomic E-state index is 14.0. The molecule has 11 heteroatoms. The smallest absolute Gasteiger partial charge is 0.312 e. The topological polar surface area (TPSA) is 154 Å². The SMILES string of the molecule is CCOC(=O)C[C@@H](C(=O)OCC)[C@H](NC(=O)[C@H](Cc1ccccc1F)NC(C)=O)C(N)=O. The third kappa shape index (κ3) is 8.32. The predicted molar refractivity (Wildman–Crippen MR) is 110 cm³/mol. The largest absolute Gasteiger partial charge is 0.466 e. The van der Waals surface area contributed by atoms with Crippen molar-refractivity contribution in [2.75, 3.05) is 13.2 Å². The highest BCUT2D eigenvalue weighted by Crippen LogP contribution is 2.15. The molecule has 0 fully saturated rings. The number of nitrogens with two attached hydrogens (primary N) is 1. The summed E-state index contributed by atoms with van der Waals surface area (Å²) in [6, 6.07) is 2.74. The minimum Gasteiger partial charge on any atom is -0.466 e. The average molecular weight is 453 g/mol. The number of halogens is 1. The standard InChI is InChI=1S/C21H28FN3O7/c1-4-31-17(27)11-14(21(30)32-5-2)18(19(23)28)25-20(29)16(24-12(3)26)10-13-8-6-7-9-15(13)22/h6-9,14,16,18H,4-5,10-11H2,1-3H3,(H2,23,28)(H,24,26)(H,25,29)/t14-,16+,18+/m1/s1. The summed E-state index contributed by atoms with van der Waals surface area (Å²) in [4.78, 5) is 60.9. The fourth-order valence-corrected chi connectivity index (χ4v) is 2.95. The Morgan fingerprint density at radius 2 is 1.66 bits per heavy atom. The first kappa shape index (κ1) is 26.5. The summed E-state index contributed by atoms with van der Waals surface area (Å²) in [7, 11) is 0. The predicted octanol–water partition coefficient (Wildman–Crippen LogP) is -0.0245. The molecular formula is C21H28FN3O7. The van der Waals surface area contributed by atoms with E-state index in [1.54, 1.807) is 13.0 Å². The van der Waals surface area contributed by atoms with Crippen LogP contribution in [0.1, 0.15) is 32.8 Å². The molecule has 0 aromatic heterocycles. The van der Waals surface area contributed by atoms with E-state index < -0.39 is 59.9 Å². The van der Waals surface area contributed by atoms with Crippen LogP contribution < -0.4 is 16.4 Å². The first-order chi connectivity index (χ1) is 15.1. The van der Waals surface area contributed by atoms with Gasteiger partial charge >= 0.3 is 11.9 Å². The van der Waals surface area contributed by atoms with Crippen molar-refractivity contribution < 1.29 is 37.8 Å². The molecule has 32 heavy (non-hydrogen) atoms. The zero-order chi connectivity index (χ0) is 24.3. The summed E-state index contributed by atoms with van der Waals surface area (Å²) in [5.41, 5.74) is 5.53. The van der Waals surface area contributed by atoms with Crippen LogP contribution in [-0.4, -0.2) is 55.0 Å². The van der Waals surface area contributed by atoms with Crippen molar-refractivity contribution in [3.63, 3.8) is 0 Å². The number of ether oxygens (including phenoxy) is 2. The van der Waals surface area contributed by atoms with E-state index in [1.165, 1.54) is 25.1 Å². The van der Waals surface area contributed by atoms with Crippen LogP contribution in [0.4, 0.5) is 4.39 Å². The minimum atomic E-state index is -1.64. The second kappa shape index (κ2) is 13.0. The number of esters is 2. The van der Waals surface area contributed by atoms with Crippen molar-refractivity contribution in [1.82, 2.24) is 10.6 Å². The summed E-state index contributed by atoms with van der Waals surface area (Å²) in [5.74, 6) is -6.36. The van der Waals surface area contributed by atoms with Gasteiger partial charge < -0.3 is 25.8 Å². The van der Waals surface area contributed by atoms with Gasteiger partial charge in [-0.1, -0.05) is 18.2 Å². The van der Waals surface area contributed by atoms with E-state index in [9.17, 15) is 28.4 Å². The van der Waals surface area contributed by atoms with Gasteiger partial charge in [0.25, 0.3) is 0 Å². The molecule has 1 aromatic rings. The minimum absolute atomic E-state index is 0.0369. The molecule has 0 saturated carbocycles. The monoisotopic (exact) mass is 453 g/mol. The van der Waals surface area contributed by atoms with Crippen LogP contribution in [0.2, 0.25) is 0 Å². The van der Waals surface area contributed by atoms with Gasteiger partial charge in [0.15, 0.2) is 0 Å². The fourth-order valence-electron chi connectivity index (χ4n) is 2.95. The van der Waals surface area contributed by atoms with E-state index in [0.29, 0.717) is 0 Å². The molecule has 0 aliphatic rings. The van der Waals surface area contributed by atoms with E-state index in [4.69, 9.17) is 15.2 Å². The van der Waals surface area contributed by atoms with Gasteiger partial charge in [-0.3, -0.25) is 24.0 Å². The summed E-state index contributed by atoms with van der Waals surface area (Å²) in [5, 5.41) is 4.67. The summed E-state index contributed by atoms with van der Waals surface area (Å²) in [6.07, 6.45) is -0.801. The Morgan fingerprint density at radius 3 is 2.19 bits per heavy atom. The molecular weight excluding hydrogens is 425 g/mol. The quantitative estimate of drug-likeness (QED) is 0.376. The summed E-state index contributed by atoms with van der Waals surface area (Å²) < 4.78 is 23.8. The number of benzene rings is 1. The van der Waals surface area contributed by atoms with E-state index in [2.05, 4.69) is 10.6 Å². The van der Waals surface area contributed by atoms with Crippen molar-refractivity contribution in [1.29, 1.82) is 0 Å². The van der Waals surface area contributed by atoms with Gasteiger partial charge in [-0.05, 0) is 25.5 Å². The van der Waals surface area contributed by atoms with Crippen LogP contribution in [0.5, 0.6) is 0 Å². The van der Waals surface area contributed by atoms with E-state index in [1.807, 2.05) is 0 Å². The molecule has 0 saturated heterocycles. The third-order valence-electron chi connectivity index (χ3n) is 4.36. The van der Waals surface area contributed by atoms with Gasteiger partial charge in [0.2, 0.25) is 17.7 Å². The molecule has 4 N–H and O–H groups in total. The average Bonchev–Trinajstić information content (AvgIpc) is 2.71. The third-order valence-corrected chi connectivity index (χ3v) is 4.36. The number of carbonyl (C=O) groups is 5. The van der Waals surface area contributed by atoms with Crippen LogP contribution in [0.25, 0.3) is 0 Å². The highest BCUT2D eigenvalue weighted by Gasteiger charge is 2.38. The van der Waals surface area contributed by atoms with Gasteiger partial charge in [0.1, 0.15) is 17.9 Å². The van der Waals surface area contributed by atoms with Crippen LogP contribution in [-0.2, 0) is 39.9 Å². The normalized spacial score (nSPS) is 13.2. The second-order valence-corrected chi connectivity index (χ2v) is 6.80. The zero-order valence-electron chi connectivity index (χ0n) is 18.2. The van der Waals surface area contributed by atoms with Crippen LogP contribution in [0, 0.1) is 11.7 Å². The molecule has 176 valence electrons. The first-order valence-electron chi connectivity index (χ1n) is 10.0. The van der Waals surface area contributed by atoms with E-state index in [0.717, 1.165) is 6.92 Å². The Labute approximate surface area is 185 Å². The molecule has 1 aromatic carbocycles. The summed E-state index contributed by atoms with van der Waals surface area (Å²) >= 11 is 0. The van der Waals surface area contributed by atoms with E-state index in [-0.39, 0.29) is 25.2 Å². The molecule has 10 nitrogen and oxygen atoms in total. The van der Waals surface area contributed by atoms with Gasteiger partial charge in [0.05, 0.1) is 25.6 Å². The number of carbonyl (C=O) groups excluding carboxylic acids is 5. The van der Waals surface area contributed by atoms with Gasteiger partial charge in [-0.25, -0.2) is 4.39 Å². The van der Waals surface area contributed by atoms with Crippen LogP contribution in [0.3, 0.4) is 0 Å². The Kier molecular flexibility index (Phi) is 10.8. The van der Waals surface area contributed by atoms with Crippen LogP contribution >= 0.6 is 0 Å². The van der Waals surface area contributed by atoms with Gasteiger partial charge in [-0.15, -0.1) is 0 Å². The Hall–Kier alpha value is -3.50. The maximum absolute atomic E-state index is 14.0. The second-order valence-electron chi connectivity index (χ2n) is 6.80. The van der Waals surface area contributed by atoms with Crippen molar-refractivity contribution in [2.24, 2.45) is 11.7 Å². The molecule has 0 aliphatic carbocycles. The molecule has 0 radical (unpaired) electrons. The number of nitrogens with one attached hydrogen (secondary N) is 2. The molecule has 0 bridgehead atoms. The molecule has 0 aliphatic heterocycles. The highest BCUT2D eigenvalue weighted by molar-refractivity contribution is 5.95. The lowest BCUT2D eigenvalue weighted by Crippen LogP contribution is -2.57. The van der Waals surface area contributed by atoms with Gasteiger partial charge in [0, 0.05) is 13.3 Å². The summed E-state index contributed by atoms with van der Waals surface area (Å²) in [6.45, 7) is 4.24. The Morgan fingerprint density at radius 1 is 1.03 bits per heavy atom. The number of rotatable bonds is 12. The van der Waals surface area contributed by atoms with Crippen molar-refractivity contribution >= 4 is 29.7 Å². The lowest BCUT2D eigenvalue weighted by molar-refractivity contribution is -0.157. The van der Waals surface area contributed by atoms with Crippen molar-refractivity contribution in [3.05, 3.63) is 35.6 Å². The fraction of sp³-hybridized carbons (Fsp3) is 0.476. The molecule has 3 amide bonds. The Balaban J connectivity index is 3.16. The lowest BCUT2D eigenvalue weighted by Gasteiger charge is -2.26. The lowest BCUT2D eigenvalue weighted by atomic mass is 9.94. The Bertz CT molecular complexity index is 846. The zero-order valence-corrected chi connectivity index (χ0v) is 18.2. The molecule has 0 unspecified atom stereocenters.